The molecule has 1 aromatic heterocycles. The number of aryl methyl sites for hydroxylation is 1. The summed E-state index contributed by atoms with van der Waals surface area (Å²) in [4.78, 5) is 16.3. The maximum absolute atomic E-state index is 11.8. The van der Waals surface area contributed by atoms with Crippen LogP contribution in [0.5, 0.6) is 0 Å². The minimum Gasteiger partial charge on any atom is -0.444 e. The second-order valence-electron chi connectivity index (χ2n) is 7.07. The molecule has 1 aliphatic rings. The van der Waals surface area contributed by atoms with Crippen molar-refractivity contribution < 1.29 is 9.53 Å². The number of thiazole rings is 1. The van der Waals surface area contributed by atoms with E-state index in [-0.39, 0.29) is 18.2 Å². The molecule has 1 aromatic rings. The predicted octanol–water partition coefficient (Wildman–Crippen LogP) is 3.55. The molecule has 3 atom stereocenters. The lowest BCUT2D eigenvalue weighted by Crippen LogP contribution is -2.39. The Morgan fingerprint density at radius 3 is 2.68 bits per heavy atom. The van der Waals surface area contributed by atoms with Crippen molar-refractivity contribution in [2.45, 2.75) is 77.6 Å². The second kappa shape index (κ2) is 6.96. The van der Waals surface area contributed by atoms with Crippen molar-refractivity contribution >= 4 is 17.4 Å². The van der Waals surface area contributed by atoms with Gasteiger partial charge in [-0.05, 0) is 53.9 Å². The molecular weight excluding hydrogens is 298 g/mol. The van der Waals surface area contributed by atoms with E-state index in [1.165, 1.54) is 0 Å². The summed E-state index contributed by atoms with van der Waals surface area (Å²) >= 11 is 1.70. The lowest BCUT2D eigenvalue weighted by Gasteiger charge is -2.22. The third-order valence-electron chi connectivity index (χ3n) is 3.65. The number of carbonyl (C=O) groups excluding carboxylic acids is 1. The number of aromatic nitrogens is 1. The zero-order chi connectivity index (χ0) is 16.3. The lowest BCUT2D eigenvalue weighted by molar-refractivity contribution is 0.0505. The van der Waals surface area contributed by atoms with Gasteiger partial charge >= 0.3 is 6.09 Å². The Balaban J connectivity index is 1.77. The van der Waals surface area contributed by atoms with Crippen LogP contribution in [0.2, 0.25) is 0 Å². The van der Waals surface area contributed by atoms with Gasteiger partial charge in [0.05, 0.1) is 6.04 Å². The van der Waals surface area contributed by atoms with Crippen LogP contribution in [0.15, 0.2) is 5.38 Å². The fraction of sp³-hybridized carbons (Fsp3) is 0.750. The number of amides is 1. The van der Waals surface area contributed by atoms with Crippen molar-refractivity contribution in [2.75, 3.05) is 0 Å². The van der Waals surface area contributed by atoms with Crippen LogP contribution in [0.25, 0.3) is 0 Å². The largest absolute Gasteiger partial charge is 0.444 e. The molecule has 0 saturated heterocycles. The van der Waals surface area contributed by atoms with Crippen LogP contribution in [0.3, 0.4) is 0 Å². The van der Waals surface area contributed by atoms with Crippen molar-refractivity contribution in [1.29, 1.82) is 0 Å². The van der Waals surface area contributed by atoms with Crippen molar-refractivity contribution in [3.05, 3.63) is 16.1 Å². The van der Waals surface area contributed by atoms with E-state index >= 15 is 0 Å². The Bertz CT molecular complexity index is 510. The number of hydrogen-bond acceptors (Lipinski definition) is 5. The van der Waals surface area contributed by atoms with E-state index in [4.69, 9.17) is 4.74 Å². The highest BCUT2D eigenvalue weighted by molar-refractivity contribution is 7.09. The highest BCUT2D eigenvalue weighted by Gasteiger charge is 2.28. The third kappa shape index (κ3) is 5.25. The first-order valence-corrected chi connectivity index (χ1v) is 8.78. The highest BCUT2D eigenvalue weighted by atomic mass is 32.1. The van der Waals surface area contributed by atoms with Crippen LogP contribution in [0, 0.1) is 6.92 Å². The normalized spacial score (nSPS) is 23.3. The summed E-state index contributed by atoms with van der Waals surface area (Å²) < 4.78 is 5.31. The van der Waals surface area contributed by atoms with E-state index in [2.05, 4.69) is 27.9 Å². The topological polar surface area (TPSA) is 63.2 Å². The minimum atomic E-state index is -0.447. The highest BCUT2D eigenvalue weighted by Crippen LogP contribution is 2.24. The summed E-state index contributed by atoms with van der Waals surface area (Å²) in [6.07, 6.45) is 2.67. The van der Waals surface area contributed by atoms with Gasteiger partial charge in [0.15, 0.2) is 0 Å². The zero-order valence-electron chi connectivity index (χ0n) is 14.1. The molecule has 0 aromatic carbocycles. The third-order valence-corrected chi connectivity index (χ3v) is 4.79. The molecule has 1 saturated carbocycles. The van der Waals surface area contributed by atoms with Crippen LogP contribution < -0.4 is 10.6 Å². The fourth-order valence-electron chi connectivity index (χ4n) is 2.73. The molecule has 2 rings (SSSR count). The van der Waals surface area contributed by atoms with Crippen molar-refractivity contribution in [2.24, 2.45) is 0 Å². The molecule has 0 aliphatic heterocycles. The molecular formula is C16H27N3O2S. The number of alkyl carbamates (subject to hydrolysis) is 1. The van der Waals surface area contributed by atoms with E-state index < -0.39 is 5.60 Å². The summed E-state index contributed by atoms with van der Waals surface area (Å²) in [5, 5.41) is 9.79. The standard InChI is InChI=1S/C16H27N3O2S/c1-10-9-22-14(17-10)11(2)18-12-6-7-13(8-12)19-15(20)21-16(3,4)5/h9,11-13,18H,6-8H2,1-5H3,(H,19,20). The molecule has 5 nitrogen and oxygen atoms in total. The van der Waals surface area contributed by atoms with E-state index in [0.29, 0.717) is 6.04 Å². The molecule has 6 heteroatoms. The van der Waals surface area contributed by atoms with Gasteiger partial charge in [0, 0.05) is 23.2 Å². The van der Waals surface area contributed by atoms with E-state index in [9.17, 15) is 4.79 Å². The predicted molar refractivity (Wildman–Crippen MR) is 89.2 cm³/mol. The molecule has 1 aliphatic carbocycles. The molecule has 1 heterocycles. The first kappa shape index (κ1) is 17.2. The molecule has 124 valence electrons. The molecule has 0 bridgehead atoms. The maximum Gasteiger partial charge on any atom is 0.407 e. The van der Waals surface area contributed by atoms with Gasteiger partial charge in [-0.2, -0.15) is 0 Å². The fourth-order valence-corrected chi connectivity index (χ4v) is 3.55. The molecule has 0 radical (unpaired) electrons. The number of nitrogens with zero attached hydrogens (tertiary/aromatic N) is 1. The Kier molecular flexibility index (Phi) is 5.45. The Morgan fingerprint density at radius 1 is 1.41 bits per heavy atom. The first-order valence-electron chi connectivity index (χ1n) is 7.90. The number of nitrogens with one attached hydrogen (secondary N) is 2. The van der Waals surface area contributed by atoms with Crippen LogP contribution in [-0.4, -0.2) is 28.8 Å². The molecule has 1 fully saturated rings. The molecule has 3 unspecified atom stereocenters. The summed E-state index contributed by atoms with van der Waals surface area (Å²) in [7, 11) is 0. The number of carbonyl (C=O) groups is 1. The summed E-state index contributed by atoms with van der Waals surface area (Å²) in [5.74, 6) is 0. The van der Waals surface area contributed by atoms with Crippen molar-refractivity contribution in [3.8, 4) is 0 Å². The summed E-state index contributed by atoms with van der Waals surface area (Å²) in [5.41, 5.74) is 0.627. The average Bonchev–Trinajstić information content (AvgIpc) is 2.96. The van der Waals surface area contributed by atoms with Crippen LogP contribution in [-0.2, 0) is 4.74 Å². The van der Waals surface area contributed by atoms with Gasteiger partial charge in [0.1, 0.15) is 10.6 Å². The van der Waals surface area contributed by atoms with E-state index in [1.54, 1.807) is 11.3 Å². The minimum absolute atomic E-state index is 0.192. The molecule has 1 amide bonds. The van der Waals surface area contributed by atoms with Gasteiger partial charge in [-0.3, -0.25) is 0 Å². The summed E-state index contributed by atoms with van der Waals surface area (Å²) in [6, 6.07) is 0.862. The van der Waals surface area contributed by atoms with Crippen molar-refractivity contribution in [1.82, 2.24) is 15.6 Å². The average molecular weight is 325 g/mol. The van der Waals surface area contributed by atoms with Crippen LogP contribution in [0.4, 0.5) is 4.79 Å². The second-order valence-corrected chi connectivity index (χ2v) is 7.96. The van der Waals surface area contributed by atoms with E-state index in [1.807, 2.05) is 27.7 Å². The Hall–Kier alpha value is -1.14. The Labute approximate surface area is 136 Å². The van der Waals surface area contributed by atoms with Crippen molar-refractivity contribution in [3.63, 3.8) is 0 Å². The lowest BCUT2D eigenvalue weighted by atomic mass is 10.2. The van der Waals surface area contributed by atoms with Gasteiger partial charge in [-0.1, -0.05) is 0 Å². The number of ether oxygens (including phenoxy) is 1. The van der Waals surface area contributed by atoms with Gasteiger partial charge in [0.2, 0.25) is 0 Å². The number of rotatable bonds is 4. The Morgan fingerprint density at radius 2 is 2.09 bits per heavy atom. The van der Waals surface area contributed by atoms with Gasteiger partial charge in [-0.15, -0.1) is 11.3 Å². The monoisotopic (exact) mass is 325 g/mol. The quantitative estimate of drug-likeness (QED) is 0.888. The van der Waals surface area contributed by atoms with E-state index in [0.717, 1.165) is 30.0 Å². The van der Waals surface area contributed by atoms with Gasteiger partial charge in [-0.25, -0.2) is 9.78 Å². The molecule has 2 N–H and O–H groups in total. The maximum atomic E-state index is 11.8. The number of hydrogen-bond donors (Lipinski definition) is 2. The van der Waals surface area contributed by atoms with Crippen LogP contribution in [0.1, 0.15) is 63.7 Å². The molecule has 22 heavy (non-hydrogen) atoms. The summed E-state index contributed by atoms with van der Waals surface area (Å²) in [6.45, 7) is 9.80. The SMILES string of the molecule is Cc1csc(C(C)NC2CCC(NC(=O)OC(C)(C)C)C2)n1. The van der Waals surface area contributed by atoms with Gasteiger partial charge in [0.25, 0.3) is 0 Å². The van der Waals surface area contributed by atoms with Crippen LogP contribution >= 0.6 is 11.3 Å². The van der Waals surface area contributed by atoms with Gasteiger partial charge < -0.3 is 15.4 Å². The smallest absolute Gasteiger partial charge is 0.407 e. The first-order chi connectivity index (χ1) is 10.2. The molecule has 0 spiro atoms. The zero-order valence-corrected chi connectivity index (χ0v) is 14.9.